The maximum atomic E-state index is 13.7. The van der Waals surface area contributed by atoms with Gasteiger partial charge in [-0.3, -0.25) is 19.1 Å². The van der Waals surface area contributed by atoms with Gasteiger partial charge in [0.1, 0.15) is 0 Å². The first-order valence-electron chi connectivity index (χ1n) is 11.3. The van der Waals surface area contributed by atoms with Crippen molar-refractivity contribution in [2.45, 2.75) is 19.5 Å². The van der Waals surface area contributed by atoms with Gasteiger partial charge in [-0.05, 0) is 48.4 Å². The highest BCUT2D eigenvalue weighted by molar-refractivity contribution is 6.42. The van der Waals surface area contributed by atoms with E-state index in [1.165, 1.54) is 4.90 Å². The molecule has 2 amide bonds. The number of likely N-dealkylation sites (N-methyl/N-ethyl adjacent to an activating group) is 1. The summed E-state index contributed by atoms with van der Waals surface area (Å²) in [5, 5.41) is 12.6. The Morgan fingerprint density at radius 2 is 1.83 bits per heavy atom. The molecule has 2 atom stereocenters. The highest BCUT2D eigenvalue weighted by atomic mass is 35.5. The lowest BCUT2D eigenvalue weighted by atomic mass is 10.0. The minimum Gasteiger partial charge on any atom is -0.327 e. The fourth-order valence-corrected chi connectivity index (χ4v) is 4.62. The van der Waals surface area contributed by atoms with Gasteiger partial charge in [-0.2, -0.15) is 0 Å². The zero-order valence-corrected chi connectivity index (χ0v) is 21.0. The van der Waals surface area contributed by atoms with E-state index in [0.717, 1.165) is 11.1 Å². The van der Waals surface area contributed by atoms with Crippen LogP contribution in [-0.4, -0.2) is 38.6 Å². The molecular formula is C26H22Cl2N6O2. The van der Waals surface area contributed by atoms with Crippen LogP contribution in [0, 0.1) is 5.92 Å². The van der Waals surface area contributed by atoms with Crippen LogP contribution in [0.15, 0.2) is 67.0 Å². The molecule has 0 aliphatic carbocycles. The number of rotatable bonds is 5. The molecule has 1 aliphatic heterocycles. The number of aromatic nitrogens is 4. The Hall–Kier alpha value is -3.75. The number of hydrogen-bond donors (Lipinski definition) is 1. The van der Waals surface area contributed by atoms with Gasteiger partial charge in [-0.25, -0.2) is 0 Å². The number of para-hydroxylation sites is 1. The van der Waals surface area contributed by atoms with Gasteiger partial charge in [-0.15, -0.1) is 10.2 Å². The van der Waals surface area contributed by atoms with Gasteiger partial charge in [0.15, 0.2) is 17.8 Å². The van der Waals surface area contributed by atoms with E-state index in [-0.39, 0.29) is 11.8 Å². The molecule has 0 bridgehead atoms. The second-order valence-electron chi connectivity index (χ2n) is 8.64. The number of amides is 2. The van der Waals surface area contributed by atoms with Crippen molar-refractivity contribution >= 4 is 40.7 Å². The number of benzene rings is 2. The van der Waals surface area contributed by atoms with Crippen molar-refractivity contribution in [3.63, 3.8) is 0 Å². The molecule has 4 aromatic rings. The van der Waals surface area contributed by atoms with E-state index < -0.39 is 12.1 Å². The van der Waals surface area contributed by atoms with Crippen LogP contribution in [0.2, 0.25) is 10.0 Å². The fourth-order valence-electron chi connectivity index (χ4n) is 4.30. The van der Waals surface area contributed by atoms with Gasteiger partial charge in [0.2, 0.25) is 5.91 Å². The standard InChI is InChI=1S/C26H22Cl2N6O2/c1-15(12-16-9-10-19(27)20(28)13-16)25(35)30-24-26(36)33(2)21-8-4-3-7-18(21)23-32-31-22(34(23)24)17-6-5-11-29-14-17/h3-11,13-15,24H,12H2,1-2H3,(H,30,35). The van der Waals surface area contributed by atoms with Crippen molar-refractivity contribution in [3.05, 3.63) is 82.6 Å². The summed E-state index contributed by atoms with van der Waals surface area (Å²) >= 11 is 12.2. The molecular weight excluding hydrogens is 499 g/mol. The third-order valence-corrected chi connectivity index (χ3v) is 6.94. The Morgan fingerprint density at radius 3 is 2.58 bits per heavy atom. The van der Waals surface area contributed by atoms with Crippen LogP contribution in [0.25, 0.3) is 22.8 Å². The Kier molecular flexibility index (Phi) is 6.47. The molecule has 8 nitrogen and oxygen atoms in total. The van der Waals surface area contributed by atoms with Crippen LogP contribution in [0.4, 0.5) is 5.69 Å². The van der Waals surface area contributed by atoms with E-state index in [2.05, 4.69) is 20.5 Å². The smallest absolute Gasteiger partial charge is 0.270 e. The van der Waals surface area contributed by atoms with Crippen LogP contribution in [-0.2, 0) is 16.0 Å². The lowest BCUT2D eigenvalue weighted by Crippen LogP contribution is -2.45. The summed E-state index contributed by atoms with van der Waals surface area (Å²) < 4.78 is 1.67. The molecule has 182 valence electrons. The highest BCUT2D eigenvalue weighted by Gasteiger charge is 2.37. The number of carbonyl (C=O) groups is 2. The highest BCUT2D eigenvalue weighted by Crippen LogP contribution is 2.37. The maximum Gasteiger partial charge on any atom is 0.270 e. The van der Waals surface area contributed by atoms with Gasteiger partial charge in [0.05, 0.1) is 15.7 Å². The second-order valence-corrected chi connectivity index (χ2v) is 9.45. The number of anilines is 1. The van der Waals surface area contributed by atoms with E-state index in [1.54, 1.807) is 49.1 Å². The van der Waals surface area contributed by atoms with Gasteiger partial charge in [0, 0.05) is 36.5 Å². The number of halogens is 2. The van der Waals surface area contributed by atoms with E-state index in [1.807, 2.05) is 36.4 Å². The Labute approximate surface area is 217 Å². The average Bonchev–Trinajstić information content (AvgIpc) is 3.30. The van der Waals surface area contributed by atoms with E-state index in [4.69, 9.17) is 23.2 Å². The second kappa shape index (κ2) is 9.72. The van der Waals surface area contributed by atoms with E-state index >= 15 is 0 Å². The van der Waals surface area contributed by atoms with Crippen LogP contribution in [0.3, 0.4) is 0 Å². The maximum absolute atomic E-state index is 13.7. The normalized spacial score (nSPS) is 15.6. The van der Waals surface area contributed by atoms with Gasteiger partial charge in [0.25, 0.3) is 5.91 Å². The quantitative estimate of drug-likeness (QED) is 0.408. The molecule has 0 spiro atoms. The summed E-state index contributed by atoms with van der Waals surface area (Å²) in [5.41, 5.74) is 2.95. The summed E-state index contributed by atoms with van der Waals surface area (Å²) in [7, 11) is 1.68. The molecule has 1 N–H and O–H groups in total. The van der Waals surface area contributed by atoms with Crippen molar-refractivity contribution in [1.29, 1.82) is 0 Å². The predicted octanol–water partition coefficient (Wildman–Crippen LogP) is 4.78. The van der Waals surface area contributed by atoms with Crippen molar-refractivity contribution in [3.8, 4) is 22.8 Å². The zero-order valence-electron chi connectivity index (χ0n) is 19.5. The van der Waals surface area contributed by atoms with E-state index in [0.29, 0.717) is 39.4 Å². The molecule has 2 aromatic heterocycles. The van der Waals surface area contributed by atoms with E-state index in [9.17, 15) is 9.59 Å². The van der Waals surface area contributed by atoms with Crippen LogP contribution >= 0.6 is 23.2 Å². The SMILES string of the molecule is CC(Cc1ccc(Cl)c(Cl)c1)C(=O)NC1C(=O)N(C)c2ccccc2-c2nnc(-c3cccnc3)n21. The lowest BCUT2D eigenvalue weighted by Gasteiger charge is -2.25. The number of carbonyl (C=O) groups excluding carboxylic acids is 2. The predicted molar refractivity (Wildman–Crippen MR) is 139 cm³/mol. The molecule has 0 radical (unpaired) electrons. The minimum absolute atomic E-state index is 0.296. The summed E-state index contributed by atoms with van der Waals surface area (Å²) in [6.45, 7) is 1.80. The van der Waals surface area contributed by atoms with Crippen LogP contribution in [0.5, 0.6) is 0 Å². The first-order valence-corrected chi connectivity index (χ1v) is 12.1. The van der Waals surface area contributed by atoms with Crippen LogP contribution < -0.4 is 10.2 Å². The Morgan fingerprint density at radius 1 is 1.06 bits per heavy atom. The largest absolute Gasteiger partial charge is 0.327 e. The average molecular weight is 521 g/mol. The zero-order chi connectivity index (χ0) is 25.4. The third kappa shape index (κ3) is 4.34. The first kappa shape index (κ1) is 24.0. The Balaban J connectivity index is 1.53. The molecule has 10 heteroatoms. The summed E-state index contributed by atoms with van der Waals surface area (Å²) in [4.78, 5) is 32.8. The van der Waals surface area contributed by atoms with Gasteiger partial charge < -0.3 is 10.2 Å². The molecule has 0 saturated heterocycles. The molecule has 0 fully saturated rings. The third-order valence-electron chi connectivity index (χ3n) is 6.20. The lowest BCUT2D eigenvalue weighted by molar-refractivity contribution is -0.131. The molecule has 2 aromatic carbocycles. The van der Waals surface area contributed by atoms with Crippen molar-refractivity contribution < 1.29 is 9.59 Å². The monoisotopic (exact) mass is 520 g/mol. The number of fused-ring (bicyclic) bond motifs is 3. The van der Waals surface area contributed by atoms with Gasteiger partial charge >= 0.3 is 0 Å². The fraction of sp³-hybridized carbons (Fsp3) is 0.192. The first-order chi connectivity index (χ1) is 17.3. The Bertz CT molecular complexity index is 1460. The molecule has 1 aliphatic rings. The number of nitrogens with one attached hydrogen (secondary N) is 1. The number of pyridine rings is 1. The summed E-state index contributed by atoms with van der Waals surface area (Å²) in [6.07, 6.45) is 2.66. The molecule has 36 heavy (non-hydrogen) atoms. The number of hydrogen-bond acceptors (Lipinski definition) is 5. The number of nitrogens with zero attached hydrogens (tertiary/aromatic N) is 5. The van der Waals surface area contributed by atoms with Crippen molar-refractivity contribution in [2.75, 3.05) is 11.9 Å². The summed E-state index contributed by atoms with van der Waals surface area (Å²) in [6, 6.07) is 16.3. The van der Waals surface area contributed by atoms with Crippen LogP contribution in [0.1, 0.15) is 18.7 Å². The summed E-state index contributed by atoms with van der Waals surface area (Å²) in [5.74, 6) is -0.159. The minimum atomic E-state index is -1.06. The van der Waals surface area contributed by atoms with Crippen molar-refractivity contribution in [1.82, 2.24) is 25.1 Å². The molecule has 3 heterocycles. The molecule has 5 rings (SSSR count). The van der Waals surface area contributed by atoms with Gasteiger partial charge in [-0.1, -0.05) is 48.3 Å². The van der Waals surface area contributed by atoms with Crippen molar-refractivity contribution in [2.24, 2.45) is 5.92 Å². The molecule has 2 unspecified atom stereocenters. The molecule has 0 saturated carbocycles. The topological polar surface area (TPSA) is 93.0 Å².